The second-order valence-electron chi connectivity index (χ2n) is 5.53. The van der Waals surface area contributed by atoms with E-state index in [2.05, 4.69) is 20.2 Å². The van der Waals surface area contributed by atoms with Crippen LogP contribution in [-0.4, -0.2) is 42.3 Å². The van der Waals surface area contributed by atoms with E-state index in [1.54, 1.807) is 0 Å². The molecule has 7 heteroatoms. The van der Waals surface area contributed by atoms with Crippen LogP contribution in [0.5, 0.6) is 0 Å². The Morgan fingerprint density at radius 2 is 2.00 bits per heavy atom. The molecular formula is C15H16N6O. The molecule has 0 aliphatic carbocycles. The molecule has 1 aliphatic heterocycles. The van der Waals surface area contributed by atoms with Gasteiger partial charge in [0.15, 0.2) is 0 Å². The van der Waals surface area contributed by atoms with Crippen LogP contribution in [0, 0.1) is 6.92 Å². The maximum atomic E-state index is 12.5. The monoisotopic (exact) mass is 296 g/mol. The van der Waals surface area contributed by atoms with Gasteiger partial charge in [0, 0.05) is 13.0 Å². The van der Waals surface area contributed by atoms with Gasteiger partial charge in [-0.05, 0) is 19.1 Å². The summed E-state index contributed by atoms with van der Waals surface area (Å²) in [5, 5.41) is 8.67. The lowest BCUT2D eigenvalue weighted by atomic mass is 10.1. The van der Waals surface area contributed by atoms with Gasteiger partial charge in [0.1, 0.15) is 23.4 Å². The topological polar surface area (TPSA) is 79.7 Å². The number of hydrogen-bond acceptors (Lipinski definition) is 4. The third-order valence-corrected chi connectivity index (χ3v) is 3.91. The normalized spacial score (nSPS) is 14.3. The molecule has 0 spiro atoms. The molecule has 2 aromatic heterocycles. The number of carbonyl (C=O) groups is 1. The molecule has 4 rings (SSSR count). The van der Waals surface area contributed by atoms with Crippen LogP contribution < -0.4 is 0 Å². The van der Waals surface area contributed by atoms with Crippen molar-refractivity contribution in [1.82, 2.24) is 29.9 Å². The zero-order valence-electron chi connectivity index (χ0n) is 12.3. The second-order valence-corrected chi connectivity index (χ2v) is 5.53. The van der Waals surface area contributed by atoms with E-state index in [9.17, 15) is 4.79 Å². The summed E-state index contributed by atoms with van der Waals surface area (Å²) in [7, 11) is 0. The molecule has 1 N–H and O–H groups in total. The highest BCUT2D eigenvalue weighted by atomic mass is 16.2. The van der Waals surface area contributed by atoms with E-state index in [1.165, 1.54) is 4.80 Å². The van der Waals surface area contributed by atoms with Crippen molar-refractivity contribution in [3.63, 3.8) is 0 Å². The third-order valence-electron chi connectivity index (χ3n) is 3.91. The lowest BCUT2D eigenvalue weighted by molar-refractivity contribution is -0.133. The van der Waals surface area contributed by atoms with E-state index >= 15 is 0 Å². The summed E-state index contributed by atoms with van der Waals surface area (Å²) >= 11 is 0. The number of amides is 1. The van der Waals surface area contributed by atoms with Gasteiger partial charge in [0.25, 0.3) is 0 Å². The Bertz CT molecular complexity index is 816. The molecule has 0 unspecified atom stereocenters. The maximum Gasteiger partial charge on any atom is 0.246 e. The zero-order chi connectivity index (χ0) is 15.1. The van der Waals surface area contributed by atoms with E-state index in [0.29, 0.717) is 13.1 Å². The number of aromatic amines is 1. The number of fused-ring (bicyclic) bond motifs is 2. The second kappa shape index (κ2) is 4.94. The number of carbonyl (C=O) groups excluding carboxylic acids is 1. The maximum absolute atomic E-state index is 12.5. The Balaban J connectivity index is 1.50. The number of H-pyrrole nitrogens is 1. The smallest absolute Gasteiger partial charge is 0.246 e. The number of imidazole rings is 1. The van der Waals surface area contributed by atoms with E-state index in [-0.39, 0.29) is 12.5 Å². The van der Waals surface area contributed by atoms with Crippen LogP contribution in [0.2, 0.25) is 0 Å². The van der Waals surface area contributed by atoms with Crippen molar-refractivity contribution in [1.29, 1.82) is 0 Å². The minimum absolute atomic E-state index is 0.0261. The van der Waals surface area contributed by atoms with E-state index in [0.717, 1.165) is 34.7 Å². The lowest BCUT2D eigenvalue weighted by Crippen LogP contribution is -2.38. The fraction of sp³-hybridized carbons (Fsp3) is 0.333. The number of hydrogen-bond donors (Lipinski definition) is 1. The standard InChI is InChI=1S/C15H16N6O/c1-10-16-11-6-7-20(8-14(11)17-10)15(22)9-21-18-12-4-2-3-5-13(12)19-21/h2-5H,6-9H2,1H3,(H,16,17). The Hall–Kier alpha value is -2.70. The Labute approximate surface area is 126 Å². The van der Waals surface area contributed by atoms with Crippen LogP contribution in [0.25, 0.3) is 11.0 Å². The molecule has 3 aromatic rings. The summed E-state index contributed by atoms with van der Waals surface area (Å²) in [6.07, 6.45) is 0.792. The summed E-state index contributed by atoms with van der Waals surface area (Å²) in [6, 6.07) is 7.61. The van der Waals surface area contributed by atoms with Gasteiger partial charge in [-0.2, -0.15) is 15.0 Å². The molecule has 3 heterocycles. The predicted octanol–water partition coefficient (Wildman–Crippen LogP) is 1.05. The molecule has 0 saturated heterocycles. The molecule has 0 saturated carbocycles. The summed E-state index contributed by atoms with van der Waals surface area (Å²) in [6.45, 7) is 3.37. The van der Waals surface area contributed by atoms with Gasteiger partial charge in [-0.25, -0.2) is 4.98 Å². The molecule has 22 heavy (non-hydrogen) atoms. The average Bonchev–Trinajstić information content (AvgIpc) is 3.07. The average molecular weight is 296 g/mol. The van der Waals surface area contributed by atoms with Crippen molar-refractivity contribution >= 4 is 16.9 Å². The minimum Gasteiger partial charge on any atom is -0.344 e. The molecule has 0 bridgehead atoms. The van der Waals surface area contributed by atoms with Crippen LogP contribution in [0.3, 0.4) is 0 Å². The molecule has 1 aromatic carbocycles. The van der Waals surface area contributed by atoms with Crippen molar-refractivity contribution < 1.29 is 4.79 Å². The number of nitrogens with zero attached hydrogens (tertiary/aromatic N) is 5. The summed E-state index contributed by atoms with van der Waals surface area (Å²) < 4.78 is 0. The molecule has 1 aliphatic rings. The van der Waals surface area contributed by atoms with E-state index in [1.807, 2.05) is 36.1 Å². The van der Waals surface area contributed by atoms with Gasteiger partial charge in [-0.1, -0.05) is 12.1 Å². The van der Waals surface area contributed by atoms with Crippen molar-refractivity contribution in [3.8, 4) is 0 Å². The number of rotatable bonds is 2. The Kier molecular flexibility index (Phi) is 2.92. The first kappa shape index (κ1) is 13.0. The van der Waals surface area contributed by atoms with Gasteiger partial charge < -0.3 is 9.88 Å². The van der Waals surface area contributed by atoms with Gasteiger partial charge in [-0.15, -0.1) is 0 Å². The first-order chi connectivity index (χ1) is 10.7. The van der Waals surface area contributed by atoms with E-state index in [4.69, 9.17) is 0 Å². The van der Waals surface area contributed by atoms with Crippen LogP contribution in [0.1, 0.15) is 17.2 Å². The fourth-order valence-corrected chi connectivity index (χ4v) is 2.85. The highest BCUT2D eigenvalue weighted by molar-refractivity contribution is 5.77. The Morgan fingerprint density at radius 1 is 1.27 bits per heavy atom. The SMILES string of the molecule is Cc1nc2c([nH]1)CN(C(=O)Cn1nc3ccccc3n1)CC2. The van der Waals surface area contributed by atoms with Gasteiger partial charge in [0.2, 0.25) is 5.91 Å². The third kappa shape index (κ3) is 2.24. The predicted molar refractivity (Wildman–Crippen MR) is 80.0 cm³/mol. The summed E-state index contributed by atoms with van der Waals surface area (Å²) in [4.78, 5) is 23.4. The summed E-state index contributed by atoms with van der Waals surface area (Å²) in [5.41, 5.74) is 3.72. The van der Waals surface area contributed by atoms with Crippen molar-refractivity contribution in [2.24, 2.45) is 0 Å². The van der Waals surface area contributed by atoms with Gasteiger partial charge in [-0.3, -0.25) is 4.79 Å². The molecule has 7 nitrogen and oxygen atoms in total. The Morgan fingerprint density at radius 3 is 2.73 bits per heavy atom. The number of aryl methyl sites for hydroxylation is 1. The first-order valence-corrected chi connectivity index (χ1v) is 7.31. The van der Waals surface area contributed by atoms with Gasteiger partial charge >= 0.3 is 0 Å². The highest BCUT2D eigenvalue weighted by Crippen LogP contribution is 2.17. The molecule has 112 valence electrons. The van der Waals surface area contributed by atoms with Crippen molar-refractivity contribution in [2.75, 3.05) is 6.54 Å². The lowest BCUT2D eigenvalue weighted by Gasteiger charge is -2.25. The highest BCUT2D eigenvalue weighted by Gasteiger charge is 2.23. The van der Waals surface area contributed by atoms with Crippen molar-refractivity contribution in [2.45, 2.75) is 26.4 Å². The van der Waals surface area contributed by atoms with Crippen LogP contribution in [0.15, 0.2) is 24.3 Å². The fourth-order valence-electron chi connectivity index (χ4n) is 2.85. The van der Waals surface area contributed by atoms with Crippen LogP contribution in [0.4, 0.5) is 0 Å². The minimum atomic E-state index is 0.0261. The van der Waals surface area contributed by atoms with Crippen molar-refractivity contribution in [3.05, 3.63) is 41.5 Å². The summed E-state index contributed by atoms with van der Waals surface area (Å²) in [5.74, 6) is 0.928. The number of aromatic nitrogens is 5. The largest absolute Gasteiger partial charge is 0.344 e. The molecule has 1 amide bonds. The molecule has 0 atom stereocenters. The van der Waals surface area contributed by atoms with Crippen LogP contribution >= 0.6 is 0 Å². The molecular weight excluding hydrogens is 280 g/mol. The number of nitrogens with one attached hydrogen (secondary N) is 1. The first-order valence-electron chi connectivity index (χ1n) is 7.31. The molecule has 0 fully saturated rings. The number of benzene rings is 1. The zero-order valence-corrected chi connectivity index (χ0v) is 12.3. The van der Waals surface area contributed by atoms with E-state index < -0.39 is 0 Å². The quantitative estimate of drug-likeness (QED) is 0.766. The van der Waals surface area contributed by atoms with Crippen LogP contribution in [-0.2, 0) is 24.3 Å². The molecule has 0 radical (unpaired) electrons. The van der Waals surface area contributed by atoms with Gasteiger partial charge in [0.05, 0.1) is 17.9 Å².